The first-order valence-electron chi connectivity index (χ1n) is 8.36. The summed E-state index contributed by atoms with van der Waals surface area (Å²) < 4.78 is 15.6. The van der Waals surface area contributed by atoms with Crippen molar-refractivity contribution in [3.8, 4) is 0 Å². The van der Waals surface area contributed by atoms with Crippen LogP contribution in [-0.2, 0) is 23.8 Å². The predicted octanol–water partition coefficient (Wildman–Crippen LogP) is 0.810. The van der Waals surface area contributed by atoms with E-state index in [4.69, 9.17) is 19.9 Å². The predicted molar refractivity (Wildman–Crippen MR) is 85.5 cm³/mol. The Kier molecular flexibility index (Phi) is 8.51. The van der Waals surface area contributed by atoms with E-state index in [9.17, 15) is 9.59 Å². The molecule has 3 N–H and O–H groups in total. The van der Waals surface area contributed by atoms with Gasteiger partial charge in [-0.3, -0.25) is 9.59 Å². The smallest absolute Gasteiger partial charge is 0.323 e. The first kappa shape index (κ1) is 19.9. The van der Waals surface area contributed by atoms with Crippen molar-refractivity contribution in [1.82, 2.24) is 5.32 Å². The van der Waals surface area contributed by atoms with Crippen LogP contribution in [0.4, 0.5) is 0 Å². The second kappa shape index (κ2) is 9.85. The lowest BCUT2D eigenvalue weighted by Gasteiger charge is -2.39. The van der Waals surface area contributed by atoms with Gasteiger partial charge in [-0.05, 0) is 58.5 Å². The molecule has 1 unspecified atom stereocenters. The topological polar surface area (TPSA) is 99.9 Å². The van der Waals surface area contributed by atoms with Gasteiger partial charge in [0.2, 0.25) is 0 Å². The molecule has 23 heavy (non-hydrogen) atoms. The maximum Gasteiger partial charge on any atom is 0.323 e. The number of hydrogen-bond donors (Lipinski definition) is 2. The number of nitrogens with one attached hydrogen (secondary N) is 1. The fraction of sp³-hybridized carbons (Fsp3) is 0.875. The van der Waals surface area contributed by atoms with Gasteiger partial charge in [-0.25, -0.2) is 0 Å². The molecule has 7 heteroatoms. The largest absolute Gasteiger partial charge is 0.465 e. The van der Waals surface area contributed by atoms with Crippen LogP contribution in [0.25, 0.3) is 0 Å². The van der Waals surface area contributed by atoms with Gasteiger partial charge in [0.05, 0.1) is 13.2 Å². The van der Waals surface area contributed by atoms with Crippen LogP contribution >= 0.6 is 0 Å². The Hall–Kier alpha value is -1.18. The highest BCUT2D eigenvalue weighted by Gasteiger charge is 2.54. The molecule has 1 heterocycles. The molecule has 1 saturated heterocycles. The van der Waals surface area contributed by atoms with Crippen LogP contribution in [0, 0.1) is 11.3 Å². The summed E-state index contributed by atoms with van der Waals surface area (Å²) in [6.45, 7) is 5.44. The van der Waals surface area contributed by atoms with Gasteiger partial charge in [-0.15, -0.1) is 0 Å². The molecule has 1 atom stereocenters. The van der Waals surface area contributed by atoms with Crippen molar-refractivity contribution < 1.29 is 23.8 Å². The molecule has 0 aromatic heterocycles. The quantitative estimate of drug-likeness (QED) is 0.366. The second-order valence-electron chi connectivity index (χ2n) is 5.75. The fourth-order valence-corrected chi connectivity index (χ4v) is 3.15. The van der Waals surface area contributed by atoms with E-state index in [1.165, 1.54) is 7.11 Å². The van der Waals surface area contributed by atoms with Crippen LogP contribution < -0.4 is 11.1 Å². The summed E-state index contributed by atoms with van der Waals surface area (Å²) in [5.41, 5.74) is 4.52. The summed E-state index contributed by atoms with van der Waals surface area (Å²) in [6, 6.07) is 0. The van der Waals surface area contributed by atoms with E-state index >= 15 is 0 Å². The SMILES string of the molecule is CCOC(=O)C(CCC(N)OC)(C(=O)OCC)C1CCNCC1. The first-order chi connectivity index (χ1) is 11.0. The number of carbonyl (C=O) groups excluding carboxylic acids is 2. The molecule has 1 fully saturated rings. The van der Waals surface area contributed by atoms with Gasteiger partial charge >= 0.3 is 11.9 Å². The molecular weight excluding hydrogens is 300 g/mol. The van der Waals surface area contributed by atoms with Crippen molar-refractivity contribution in [2.75, 3.05) is 33.4 Å². The van der Waals surface area contributed by atoms with Crippen molar-refractivity contribution >= 4 is 11.9 Å². The summed E-state index contributed by atoms with van der Waals surface area (Å²) in [7, 11) is 1.51. The monoisotopic (exact) mass is 330 g/mol. The third-order valence-corrected chi connectivity index (χ3v) is 4.44. The molecule has 1 aliphatic rings. The summed E-state index contributed by atoms with van der Waals surface area (Å²) >= 11 is 0. The average Bonchev–Trinajstić information content (AvgIpc) is 2.56. The highest BCUT2D eigenvalue weighted by atomic mass is 16.6. The van der Waals surface area contributed by atoms with Gasteiger partial charge in [0.1, 0.15) is 6.23 Å². The Morgan fingerprint density at radius 3 is 2.13 bits per heavy atom. The second-order valence-corrected chi connectivity index (χ2v) is 5.75. The van der Waals surface area contributed by atoms with Crippen molar-refractivity contribution in [1.29, 1.82) is 0 Å². The molecule has 0 aromatic carbocycles. The maximum atomic E-state index is 12.8. The van der Waals surface area contributed by atoms with Gasteiger partial charge in [-0.1, -0.05) is 0 Å². The van der Waals surface area contributed by atoms with E-state index in [0.717, 1.165) is 25.9 Å². The average molecular weight is 330 g/mol. The van der Waals surface area contributed by atoms with E-state index in [1.54, 1.807) is 13.8 Å². The molecule has 0 aromatic rings. The third-order valence-electron chi connectivity index (χ3n) is 4.44. The Labute approximate surface area is 138 Å². The minimum absolute atomic E-state index is 0.120. The van der Waals surface area contributed by atoms with Gasteiger partial charge in [-0.2, -0.15) is 0 Å². The molecule has 0 amide bonds. The summed E-state index contributed by atoms with van der Waals surface area (Å²) in [4.78, 5) is 25.5. The number of nitrogens with two attached hydrogens (primary N) is 1. The Bertz CT molecular complexity index is 365. The zero-order valence-corrected chi connectivity index (χ0v) is 14.4. The third kappa shape index (κ3) is 4.89. The van der Waals surface area contributed by atoms with Gasteiger partial charge in [0.25, 0.3) is 0 Å². The number of rotatable bonds is 9. The highest BCUT2D eigenvalue weighted by Crippen LogP contribution is 2.41. The maximum absolute atomic E-state index is 12.8. The van der Waals surface area contributed by atoms with Crippen LogP contribution in [0.1, 0.15) is 39.5 Å². The zero-order valence-electron chi connectivity index (χ0n) is 14.4. The molecule has 0 radical (unpaired) electrons. The Morgan fingerprint density at radius 1 is 1.17 bits per heavy atom. The molecule has 0 aliphatic carbocycles. The summed E-state index contributed by atoms with van der Waals surface area (Å²) in [5.74, 6) is -1.13. The molecule has 0 spiro atoms. The minimum atomic E-state index is -1.30. The van der Waals surface area contributed by atoms with Crippen LogP contribution in [-0.4, -0.2) is 51.6 Å². The van der Waals surface area contributed by atoms with Crippen molar-refractivity contribution in [3.63, 3.8) is 0 Å². The number of hydrogen-bond acceptors (Lipinski definition) is 7. The molecule has 1 aliphatic heterocycles. The minimum Gasteiger partial charge on any atom is -0.465 e. The number of ether oxygens (including phenoxy) is 3. The summed E-state index contributed by atoms with van der Waals surface area (Å²) in [5, 5.41) is 3.25. The normalized spacial score (nSPS) is 17.6. The molecule has 0 bridgehead atoms. The first-order valence-corrected chi connectivity index (χ1v) is 8.36. The lowest BCUT2D eigenvalue weighted by Crippen LogP contribution is -2.51. The van der Waals surface area contributed by atoms with E-state index in [-0.39, 0.29) is 25.6 Å². The lowest BCUT2D eigenvalue weighted by molar-refractivity contribution is -0.179. The van der Waals surface area contributed by atoms with Gasteiger partial charge in [0, 0.05) is 7.11 Å². The van der Waals surface area contributed by atoms with E-state index in [1.807, 2.05) is 0 Å². The fourth-order valence-electron chi connectivity index (χ4n) is 3.15. The van der Waals surface area contributed by atoms with Gasteiger partial charge < -0.3 is 25.3 Å². The van der Waals surface area contributed by atoms with E-state index in [2.05, 4.69) is 5.32 Å². The van der Waals surface area contributed by atoms with Crippen LogP contribution in [0.3, 0.4) is 0 Å². The van der Waals surface area contributed by atoms with E-state index in [0.29, 0.717) is 6.42 Å². The number of esters is 2. The Balaban J connectivity index is 3.13. The molecule has 7 nitrogen and oxygen atoms in total. The number of methoxy groups -OCH3 is 1. The van der Waals surface area contributed by atoms with Gasteiger partial charge in [0.15, 0.2) is 5.41 Å². The lowest BCUT2D eigenvalue weighted by atomic mass is 9.68. The van der Waals surface area contributed by atoms with E-state index < -0.39 is 23.6 Å². The highest BCUT2D eigenvalue weighted by molar-refractivity contribution is 6.00. The number of piperidine rings is 1. The molecule has 1 rings (SSSR count). The molecule has 0 saturated carbocycles. The zero-order chi connectivity index (χ0) is 17.3. The Morgan fingerprint density at radius 2 is 1.70 bits per heavy atom. The number of carbonyl (C=O) groups is 2. The summed E-state index contributed by atoms with van der Waals surface area (Å²) in [6.07, 6.45) is 1.57. The van der Waals surface area contributed by atoms with Crippen LogP contribution in [0.15, 0.2) is 0 Å². The molecule has 134 valence electrons. The van der Waals surface area contributed by atoms with Crippen molar-refractivity contribution in [2.24, 2.45) is 17.1 Å². The van der Waals surface area contributed by atoms with Crippen molar-refractivity contribution in [2.45, 2.75) is 45.8 Å². The van der Waals surface area contributed by atoms with Crippen LogP contribution in [0.2, 0.25) is 0 Å². The standard InChI is InChI=1S/C16H30N2O5/c1-4-22-14(19)16(15(20)23-5-2,9-6-13(17)21-3)12-7-10-18-11-8-12/h12-13,18H,4-11,17H2,1-3H3. The molecular formula is C16H30N2O5. The van der Waals surface area contributed by atoms with Crippen molar-refractivity contribution in [3.05, 3.63) is 0 Å². The van der Waals surface area contributed by atoms with Crippen LogP contribution in [0.5, 0.6) is 0 Å².